The number of benzene rings is 2. The van der Waals surface area contributed by atoms with Gasteiger partial charge in [-0.05, 0) is 41.6 Å². The van der Waals surface area contributed by atoms with E-state index in [-0.39, 0.29) is 5.92 Å². The fourth-order valence-electron chi connectivity index (χ4n) is 3.55. The van der Waals surface area contributed by atoms with E-state index >= 15 is 0 Å². The Morgan fingerprint density at radius 2 is 1.62 bits per heavy atom. The van der Waals surface area contributed by atoms with Crippen molar-refractivity contribution in [2.45, 2.75) is 31.2 Å². The molecule has 0 saturated heterocycles. The maximum absolute atomic E-state index is 11.5. The molecule has 0 amide bonds. The van der Waals surface area contributed by atoms with Crippen LogP contribution in [0.1, 0.15) is 36.3 Å². The molecule has 4 N–H and O–H groups in total. The lowest BCUT2D eigenvalue weighted by molar-refractivity contribution is -0.139. The summed E-state index contributed by atoms with van der Waals surface area (Å²) in [7, 11) is 0. The lowest BCUT2D eigenvalue weighted by Gasteiger charge is -2.19. The van der Waals surface area contributed by atoms with Gasteiger partial charge in [0, 0.05) is 12.5 Å². The highest BCUT2D eigenvalue weighted by Gasteiger charge is 2.29. The van der Waals surface area contributed by atoms with Crippen LogP contribution in [0.2, 0.25) is 0 Å². The molecule has 0 radical (unpaired) electrons. The van der Waals surface area contributed by atoms with Crippen LogP contribution in [0.5, 0.6) is 0 Å². The number of carboxylic acids is 1. The van der Waals surface area contributed by atoms with E-state index in [9.17, 15) is 9.90 Å². The first-order valence-corrected chi connectivity index (χ1v) is 8.57. The molecule has 4 heteroatoms. The molecule has 126 valence electrons. The molecule has 4 nitrogen and oxygen atoms in total. The highest BCUT2D eigenvalue weighted by molar-refractivity contribution is 5.79. The zero-order valence-corrected chi connectivity index (χ0v) is 13.7. The molecule has 1 atom stereocenters. The van der Waals surface area contributed by atoms with Crippen LogP contribution in [0.3, 0.4) is 0 Å². The van der Waals surface area contributed by atoms with Crippen LogP contribution in [0.15, 0.2) is 48.5 Å². The van der Waals surface area contributed by atoms with Crippen LogP contribution in [0.4, 0.5) is 0 Å². The molecule has 0 heterocycles. The summed E-state index contributed by atoms with van der Waals surface area (Å²) in [5.74, 6) is -0.583. The van der Waals surface area contributed by atoms with Gasteiger partial charge in [0.1, 0.15) is 6.04 Å². The Balaban J connectivity index is 1.76. The van der Waals surface area contributed by atoms with E-state index in [2.05, 4.69) is 41.7 Å². The Bertz CT molecular complexity index is 669. The van der Waals surface area contributed by atoms with E-state index in [4.69, 9.17) is 5.73 Å². The van der Waals surface area contributed by atoms with Crippen molar-refractivity contribution in [1.29, 1.82) is 0 Å². The van der Waals surface area contributed by atoms with Gasteiger partial charge in [-0.1, -0.05) is 55.0 Å². The maximum Gasteiger partial charge on any atom is 0.320 e. The molecule has 2 aromatic rings. The Morgan fingerprint density at radius 1 is 1.04 bits per heavy atom. The molecular weight excluding hydrogens is 300 g/mol. The molecule has 0 spiro atoms. The van der Waals surface area contributed by atoms with Crippen LogP contribution < -0.4 is 11.1 Å². The van der Waals surface area contributed by atoms with Crippen molar-refractivity contribution in [3.05, 3.63) is 59.7 Å². The van der Waals surface area contributed by atoms with E-state index in [1.165, 1.54) is 22.3 Å². The molecule has 1 aliphatic rings. The first-order valence-electron chi connectivity index (χ1n) is 8.57. The number of unbranched alkanes of at least 4 members (excludes halogenated alkanes) is 1. The van der Waals surface area contributed by atoms with Gasteiger partial charge in [-0.3, -0.25) is 4.79 Å². The second-order valence-corrected chi connectivity index (χ2v) is 6.31. The summed E-state index contributed by atoms with van der Waals surface area (Å²) < 4.78 is 0. The van der Waals surface area contributed by atoms with Gasteiger partial charge in [0.2, 0.25) is 0 Å². The van der Waals surface area contributed by atoms with Gasteiger partial charge in [0.25, 0.3) is 0 Å². The van der Waals surface area contributed by atoms with E-state index in [0.29, 0.717) is 19.5 Å². The minimum absolute atomic E-state index is 0.203. The maximum atomic E-state index is 11.5. The van der Waals surface area contributed by atoms with Gasteiger partial charge in [-0.2, -0.15) is 0 Å². The number of fused-ring (bicyclic) bond motifs is 3. The molecular formula is C20H24N2O2. The van der Waals surface area contributed by atoms with Crippen molar-refractivity contribution < 1.29 is 9.90 Å². The van der Waals surface area contributed by atoms with Crippen LogP contribution in [0, 0.1) is 0 Å². The standard InChI is InChI=1S/C20H24N2O2/c21-12-6-5-11-19(20(23)24)22-13-18-16-9-3-1-7-14(16)15-8-2-4-10-17(15)18/h1-4,7-10,18-19,22H,5-6,11-13,21H2,(H,23,24)/t19-/m0/s1. The van der Waals surface area contributed by atoms with E-state index in [1.54, 1.807) is 0 Å². The van der Waals surface area contributed by atoms with Gasteiger partial charge in [0.15, 0.2) is 0 Å². The Hall–Kier alpha value is -2.17. The average Bonchev–Trinajstić information content (AvgIpc) is 2.92. The Morgan fingerprint density at radius 3 is 2.17 bits per heavy atom. The molecule has 24 heavy (non-hydrogen) atoms. The highest BCUT2D eigenvalue weighted by atomic mass is 16.4. The molecule has 0 saturated carbocycles. The lowest BCUT2D eigenvalue weighted by Crippen LogP contribution is -2.39. The van der Waals surface area contributed by atoms with E-state index in [1.807, 2.05) is 12.1 Å². The number of nitrogens with two attached hydrogens (primary N) is 1. The lowest BCUT2D eigenvalue weighted by atomic mass is 9.96. The number of hydrogen-bond acceptors (Lipinski definition) is 3. The van der Waals surface area contributed by atoms with Crippen molar-refractivity contribution in [2.75, 3.05) is 13.1 Å². The summed E-state index contributed by atoms with van der Waals surface area (Å²) >= 11 is 0. The molecule has 2 aromatic carbocycles. The van der Waals surface area contributed by atoms with E-state index < -0.39 is 12.0 Å². The third kappa shape index (κ3) is 3.35. The molecule has 0 aromatic heterocycles. The highest BCUT2D eigenvalue weighted by Crippen LogP contribution is 2.44. The largest absolute Gasteiger partial charge is 0.480 e. The minimum atomic E-state index is -0.786. The summed E-state index contributed by atoms with van der Waals surface area (Å²) in [5, 5.41) is 12.7. The molecule has 3 rings (SSSR count). The van der Waals surface area contributed by atoms with Gasteiger partial charge >= 0.3 is 5.97 Å². The van der Waals surface area contributed by atoms with Crippen molar-refractivity contribution in [3.63, 3.8) is 0 Å². The van der Waals surface area contributed by atoms with Crippen molar-refractivity contribution in [2.24, 2.45) is 5.73 Å². The summed E-state index contributed by atoms with van der Waals surface area (Å²) in [5.41, 5.74) is 10.6. The van der Waals surface area contributed by atoms with Crippen molar-refractivity contribution in [3.8, 4) is 11.1 Å². The molecule has 1 aliphatic carbocycles. The number of carboxylic acid groups (broad SMARTS) is 1. The molecule has 0 fully saturated rings. The predicted molar refractivity (Wildman–Crippen MR) is 96.1 cm³/mol. The second-order valence-electron chi connectivity index (χ2n) is 6.31. The third-order valence-electron chi connectivity index (χ3n) is 4.78. The molecule has 0 bridgehead atoms. The average molecular weight is 324 g/mol. The van der Waals surface area contributed by atoms with Crippen molar-refractivity contribution in [1.82, 2.24) is 5.32 Å². The van der Waals surface area contributed by atoms with Gasteiger partial charge in [0.05, 0.1) is 0 Å². The van der Waals surface area contributed by atoms with Crippen LogP contribution >= 0.6 is 0 Å². The quantitative estimate of drug-likeness (QED) is 0.653. The van der Waals surface area contributed by atoms with Gasteiger partial charge in [-0.25, -0.2) is 0 Å². The number of hydrogen-bond donors (Lipinski definition) is 3. The molecule has 0 unspecified atom stereocenters. The summed E-state index contributed by atoms with van der Waals surface area (Å²) in [6, 6.07) is 16.3. The van der Waals surface area contributed by atoms with Crippen LogP contribution in [0.25, 0.3) is 11.1 Å². The number of aliphatic carboxylic acids is 1. The Kier molecular flexibility index (Phi) is 5.28. The third-order valence-corrected chi connectivity index (χ3v) is 4.78. The monoisotopic (exact) mass is 324 g/mol. The van der Waals surface area contributed by atoms with Crippen molar-refractivity contribution >= 4 is 5.97 Å². The van der Waals surface area contributed by atoms with Crippen LogP contribution in [-0.4, -0.2) is 30.2 Å². The number of rotatable bonds is 8. The number of carbonyl (C=O) groups is 1. The predicted octanol–water partition coefficient (Wildman–Crippen LogP) is 2.97. The minimum Gasteiger partial charge on any atom is -0.480 e. The van der Waals surface area contributed by atoms with E-state index in [0.717, 1.165) is 12.8 Å². The first-order chi connectivity index (χ1) is 11.7. The summed E-state index contributed by atoms with van der Waals surface area (Å²) in [4.78, 5) is 11.5. The topological polar surface area (TPSA) is 75.3 Å². The zero-order chi connectivity index (χ0) is 16.9. The zero-order valence-electron chi connectivity index (χ0n) is 13.7. The molecule has 0 aliphatic heterocycles. The number of nitrogens with one attached hydrogen (secondary N) is 1. The van der Waals surface area contributed by atoms with Gasteiger partial charge < -0.3 is 16.2 Å². The SMILES string of the molecule is NCCCC[C@H](NCC1c2ccccc2-c2ccccc21)C(=O)O. The van der Waals surface area contributed by atoms with Gasteiger partial charge in [-0.15, -0.1) is 0 Å². The summed E-state index contributed by atoms with van der Waals surface area (Å²) in [6.45, 7) is 1.24. The van der Waals surface area contributed by atoms with Crippen LogP contribution in [-0.2, 0) is 4.79 Å². The second kappa shape index (κ2) is 7.60. The first kappa shape index (κ1) is 16.7. The normalized spacial score (nSPS) is 14.2. The smallest absolute Gasteiger partial charge is 0.320 e. The Labute approximate surface area is 142 Å². The fourth-order valence-corrected chi connectivity index (χ4v) is 3.55. The summed E-state index contributed by atoms with van der Waals surface area (Å²) in [6.07, 6.45) is 2.31. The fraction of sp³-hybridized carbons (Fsp3) is 0.350.